The molecule has 0 amide bonds. The molecule has 0 spiro atoms. The van der Waals surface area contributed by atoms with E-state index in [9.17, 15) is 13.5 Å². The number of hydrogen-bond acceptors (Lipinski definition) is 5. The lowest BCUT2D eigenvalue weighted by Crippen LogP contribution is -2.40. The topological polar surface area (TPSA) is 94.7 Å². The summed E-state index contributed by atoms with van der Waals surface area (Å²) in [4.78, 5) is 5.74. The number of likely N-dealkylation sites (tertiary alicyclic amines) is 1. The van der Waals surface area contributed by atoms with Gasteiger partial charge in [0.05, 0.1) is 19.9 Å². The maximum Gasteiger partial charge on any atom is 0.244 e. The number of fused-ring (bicyclic) bond motifs is 1. The number of nitrogens with one attached hydrogen (secondary N) is 2. The SMILES string of the molecule is COc1ccc(-c2ccc3[nH]c(CN4CCC/C4=C/O)cc3c2)cc1S(=O)(=O)NC(C)(C)C. The number of allylic oxidation sites excluding steroid dienone is 1. The Morgan fingerprint density at radius 3 is 2.58 bits per heavy atom. The van der Waals surface area contributed by atoms with Crippen LogP contribution in [0.1, 0.15) is 39.3 Å². The Hall–Kier alpha value is -2.97. The van der Waals surface area contributed by atoms with Gasteiger partial charge in [-0.1, -0.05) is 12.1 Å². The van der Waals surface area contributed by atoms with E-state index in [1.54, 1.807) is 32.9 Å². The molecule has 1 fully saturated rings. The van der Waals surface area contributed by atoms with E-state index >= 15 is 0 Å². The summed E-state index contributed by atoms with van der Waals surface area (Å²) in [6.45, 7) is 7.05. The Labute approximate surface area is 195 Å². The third kappa shape index (κ3) is 5.02. The average Bonchev–Trinajstić information content (AvgIpc) is 3.37. The van der Waals surface area contributed by atoms with Crippen molar-refractivity contribution in [1.29, 1.82) is 0 Å². The van der Waals surface area contributed by atoms with Crippen LogP contribution in [0.2, 0.25) is 0 Å². The summed E-state index contributed by atoms with van der Waals surface area (Å²) in [7, 11) is -2.29. The Morgan fingerprint density at radius 2 is 1.88 bits per heavy atom. The van der Waals surface area contributed by atoms with E-state index in [-0.39, 0.29) is 4.90 Å². The average molecular weight is 470 g/mol. The number of aromatic nitrogens is 1. The quantitative estimate of drug-likeness (QED) is 0.446. The van der Waals surface area contributed by atoms with Gasteiger partial charge in [0.2, 0.25) is 10.0 Å². The summed E-state index contributed by atoms with van der Waals surface area (Å²) >= 11 is 0. The van der Waals surface area contributed by atoms with Crippen LogP contribution < -0.4 is 9.46 Å². The molecule has 176 valence electrons. The molecular formula is C25H31N3O4S. The van der Waals surface area contributed by atoms with Crippen LogP contribution >= 0.6 is 0 Å². The van der Waals surface area contributed by atoms with E-state index in [1.165, 1.54) is 13.4 Å². The van der Waals surface area contributed by atoms with Crippen molar-refractivity contribution in [3.05, 3.63) is 60.1 Å². The van der Waals surface area contributed by atoms with Gasteiger partial charge >= 0.3 is 0 Å². The van der Waals surface area contributed by atoms with Gasteiger partial charge in [-0.05, 0) is 75.1 Å². The minimum atomic E-state index is -3.76. The van der Waals surface area contributed by atoms with E-state index < -0.39 is 15.6 Å². The maximum absolute atomic E-state index is 13.0. The molecule has 1 saturated heterocycles. The van der Waals surface area contributed by atoms with Crippen LogP contribution in [-0.2, 0) is 16.6 Å². The normalized spacial score (nSPS) is 16.1. The molecule has 2 aromatic carbocycles. The number of rotatable bonds is 6. The van der Waals surface area contributed by atoms with Crippen LogP contribution in [0.3, 0.4) is 0 Å². The summed E-state index contributed by atoms with van der Waals surface area (Å²) < 4.78 is 34.1. The zero-order valence-electron chi connectivity index (χ0n) is 19.5. The first-order valence-electron chi connectivity index (χ1n) is 11.0. The van der Waals surface area contributed by atoms with Gasteiger partial charge in [-0.25, -0.2) is 13.1 Å². The van der Waals surface area contributed by atoms with Crippen molar-refractivity contribution in [2.45, 2.75) is 50.6 Å². The molecule has 1 aliphatic rings. The highest BCUT2D eigenvalue weighted by Gasteiger charge is 2.26. The fraction of sp³-hybridized carbons (Fsp3) is 0.360. The zero-order valence-corrected chi connectivity index (χ0v) is 20.3. The molecule has 2 heterocycles. The maximum atomic E-state index is 13.0. The minimum absolute atomic E-state index is 0.115. The van der Waals surface area contributed by atoms with Crippen molar-refractivity contribution < 1.29 is 18.3 Å². The van der Waals surface area contributed by atoms with Crippen molar-refractivity contribution in [3.8, 4) is 16.9 Å². The summed E-state index contributed by atoms with van der Waals surface area (Å²) in [6, 6.07) is 13.4. The third-order valence-electron chi connectivity index (χ3n) is 5.68. The van der Waals surface area contributed by atoms with Crippen molar-refractivity contribution in [1.82, 2.24) is 14.6 Å². The van der Waals surface area contributed by atoms with E-state index in [1.807, 2.05) is 18.2 Å². The molecule has 0 bridgehead atoms. The lowest BCUT2D eigenvalue weighted by Gasteiger charge is -2.21. The van der Waals surface area contributed by atoms with Crippen LogP contribution in [-0.4, -0.2) is 42.6 Å². The first-order valence-corrected chi connectivity index (χ1v) is 12.5. The number of nitrogens with zero attached hydrogens (tertiary/aromatic N) is 1. The first-order chi connectivity index (χ1) is 15.6. The van der Waals surface area contributed by atoms with Gasteiger partial charge in [0.1, 0.15) is 10.6 Å². The second-order valence-corrected chi connectivity index (χ2v) is 11.1. The number of aliphatic hydroxyl groups excluding tert-OH is 1. The molecule has 0 radical (unpaired) electrons. The fourth-order valence-corrected chi connectivity index (χ4v) is 5.88. The lowest BCUT2D eigenvalue weighted by molar-refractivity contribution is 0.356. The monoisotopic (exact) mass is 469 g/mol. The van der Waals surface area contributed by atoms with Crippen LogP contribution in [0.25, 0.3) is 22.0 Å². The Balaban J connectivity index is 1.67. The predicted octanol–water partition coefficient (Wildman–Crippen LogP) is 4.92. The molecule has 7 nitrogen and oxygen atoms in total. The molecule has 3 N–H and O–H groups in total. The molecule has 3 aromatic rings. The van der Waals surface area contributed by atoms with Gasteiger partial charge in [-0.2, -0.15) is 0 Å². The number of H-pyrrole nitrogens is 1. The molecule has 0 aliphatic carbocycles. The highest BCUT2D eigenvalue weighted by Crippen LogP contribution is 2.32. The molecule has 4 rings (SSSR count). The fourth-order valence-electron chi connectivity index (χ4n) is 4.27. The van der Waals surface area contributed by atoms with E-state index in [0.717, 1.165) is 52.8 Å². The van der Waals surface area contributed by atoms with Crippen LogP contribution in [0.4, 0.5) is 0 Å². The molecule has 0 unspecified atom stereocenters. The smallest absolute Gasteiger partial charge is 0.244 e. The van der Waals surface area contributed by atoms with Crippen LogP contribution in [0, 0.1) is 0 Å². The summed E-state index contributed by atoms with van der Waals surface area (Å²) in [5, 5.41) is 10.5. The van der Waals surface area contributed by atoms with Crippen LogP contribution in [0.5, 0.6) is 5.75 Å². The van der Waals surface area contributed by atoms with E-state index in [2.05, 4.69) is 26.7 Å². The number of benzene rings is 2. The number of aromatic amines is 1. The standard InChI is InChI=1S/C25H31N3O4S/c1-25(2,3)27-33(30,31)24-14-18(8-10-23(24)32-4)17-7-9-22-19(12-17)13-20(26-22)15-28-11-5-6-21(28)16-29/h7-10,12-14,16,26-27,29H,5-6,11,15H2,1-4H3/b21-16-. The van der Waals surface area contributed by atoms with Gasteiger partial charge in [0.25, 0.3) is 0 Å². The van der Waals surface area contributed by atoms with Gasteiger partial charge in [0.15, 0.2) is 0 Å². The van der Waals surface area contributed by atoms with E-state index in [4.69, 9.17) is 4.74 Å². The van der Waals surface area contributed by atoms with Crippen molar-refractivity contribution in [2.24, 2.45) is 0 Å². The highest BCUT2D eigenvalue weighted by molar-refractivity contribution is 7.89. The van der Waals surface area contributed by atoms with Crippen molar-refractivity contribution in [2.75, 3.05) is 13.7 Å². The Kier molecular flexibility index (Phi) is 6.16. The van der Waals surface area contributed by atoms with Gasteiger partial charge in [-0.15, -0.1) is 0 Å². The second-order valence-electron chi connectivity index (χ2n) is 9.46. The molecule has 0 atom stereocenters. The highest BCUT2D eigenvalue weighted by atomic mass is 32.2. The molecule has 1 aromatic heterocycles. The molecular weight excluding hydrogens is 438 g/mol. The predicted molar refractivity (Wildman–Crippen MR) is 131 cm³/mol. The summed E-state index contributed by atoms with van der Waals surface area (Å²) in [5.74, 6) is 0.305. The minimum Gasteiger partial charge on any atom is -0.514 e. The zero-order chi connectivity index (χ0) is 23.8. The van der Waals surface area contributed by atoms with Crippen LogP contribution in [0.15, 0.2) is 59.3 Å². The van der Waals surface area contributed by atoms with Crippen molar-refractivity contribution in [3.63, 3.8) is 0 Å². The van der Waals surface area contributed by atoms with E-state index in [0.29, 0.717) is 12.3 Å². The Morgan fingerprint density at radius 1 is 1.15 bits per heavy atom. The summed E-state index contributed by atoms with van der Waals surface area (Å²) in [6.07, 6.45) is 3.15. The number of hydrogen-bond donors (Lipinski definition) is 3. The molecule has 0 saturated carbocycles. The third-order valence-corrected chi connectivity index (χ3v) is 7.46. The lowest BCUT2D eigenvalue weighted by atomic mass is 10.0. The Bertz CT molecular complexity index is 1300. The first kappa shape index (κ1) is 23.2. The van der Waals surface area contributed by atoms with Gasteiger partial charge in [-0.3, -0.25) is 0 Å². The second kappa shape index (κ2) is 8.76. The molecule has 33 heavy (non-hydrogen) atoms. The number of aliphatic hydroxyl groups is 1. The molecule has 1 aliphatic heterocycles. The van der Waals surface area contributed by atoms with Gasteiger partial charge in [0, 0.05) is 34.4 Å². The number of methoxy groups -OCH3 is 1. The number of ether oxygens (including phenoxy) is 1. The number of sulfonamides is 1. The van der Waals surface area contributed by atoms with Gasteiger partial charge < -0.3 is 19.7 Å². The molecule has 8 heteroatoms. The van der Waals surface area contributed by atoms with Crippen molar-refractivity contribution >= 4 is 20.9 Å². The largest absolute Gasteiger partial charge is 0.514 e. The summed E-state index contributed by atoms with van der Waals surface area (Å²) in [5.41, 5.74) is 4.14.